The van der Waals surface area contributed by atoms with Crippen molar-refractivity contribution < 1.29 is 14.0 Å². The molecule has 2 aliphatic rings. The zero-order valence-electron chi connectivity index (χ0n) is 21.0. The Morgan fingerprint density at radius 2 is 1.92 bits per heavy atom. The molecule has 10 nitrogen and oxygen atoms in total. The molecule has 2 aromatic carbocycles. The normalized spacial score (nSPS) is 18.1. The monoisotopic (exact) mass is 522 g/mol. The van der Waals surface area contributed by atoms with Gasteiger partial charge in [0.05, 0.1) is 12.0 Å². The van der Waals surface area contributed by atoms with E-state index in [1.165, 1.54) is 35.0 Å². The summed E-state index contributed by atoms with van der Waals surface area (Å²) in [5.41, 5.74) is 2.88. The number of amides is 2. The number of halogens is 1. The first-order chi connectivity index (χ1) is 19.0. The SMILES string of the molecule is Cc1nn(-c2ncnc3nc[nH]c23)c2c1C1(CC(=O)N2)C(=O)N(CCCc2ccccc2)c2ccc(F)cc21. The van der Waals surface area contributed by atoms with Crippen LogP contribution >= 0.6 is 0 Å². The van der Waals surface area contributed by atoms with Gasteiger partial charge in [0.15, 0.2) is 11.5 Å². The standard InChI is InChI=1S/C28H23FN8O2/c1-16-22-25(37(35-16)26-23-24(31-14-30-23)32-15-33-26)34-21(38)13-28(22)19-12-18(29)9-10-20(19)36(27(28)39)11-5-8-17-6-3-2-4-7-17/h2-4,6-7,9-10,12,14-15H,5,8,11,13H2,1H3,(H,34,38)(H,30,31,32,33). The van der Waals surface area contributed by atoms with E-state index in [0.29, 0.717) is 58.3 Å². The molecule has 2 aliphatic heterocycles. The van der Waals surface area contributed by atoms with Gasteiger partial charge in [-0.05, 0) is 49.1 Å². The minimum absolute atomic E-state index is 0.153. The van der Waals surface area contributed by atoms with Gasteiger partial charge in [-0.15, -0.1) is 0 Å². The van der Waals surface area contributed by atoms with Crippen molar-refractivity contribution in [2.45, 2.75) is 31.6 Å². The van der Waals surface area contributed by atoms with Crippen molar-refractivity contribution in [1.29, 1.82) is 0 Å². The van der Waals surface area contributed by atoms with Gasteiger partial charge in [0.25, 0.3) is 0 Å². The highest BCUT2D eigenvalue weighted by Gasteiger charge is 2.58. The molecule has 2 N–H and O–H groups in total. The maximum Gasteiger partial charge on any atom is 0.242 e. The van der Waals surface area contributed by atoms with Crippen LogP contribution in [0.2, 0.25) is 0 Å². The lowest BCUT2D eigenvalue weighted by Crippen LogP contribution is -2.47. The smallest absolute Gasteiger partial charge is 0.242 e. The summed E-state index contributed by atoms with van der Waals surface area (Å²) in [6, 6.07) is 14.4. The average Bonchev–Trinajstić information content (AvgIpc) is 3.60. The van der Waals surface area contributed by atoms with E-state index in [1.807, 2.05) is 18.2 Å². The molecule has 0 saturated heterocycles. The van der Waals surface area contributed by atoms with Gasteiger partial charge in [0, 0.05) is 24.2 Å². The van der Waals surface area contributed by atoms with Gasteiger partial charge in [-0.2, -0.15) is 9.78 Å². The molecule has 1 unspecified atom stereocenters. The summed E-state index contributed by atoms with van der Waals surface area (Å²) >= 11 is 0. The minimum atomic E-state index is -1.41. The lowest BCUT2D eigenvalue weighted by molar-refractivity contribution is -0.126. The molecule has 0 fully saturated rings. The van der Waals surface area contributed by atoms with Crippen LogP contribution in [0.4, 0.5) is 15.9 Å². The van der Waals surface area contributed by atoms with Crippen molar-refractivity contribution in [3.8, 4) is 5.82 Å². The summed E-state index contributed by atoms with van der Waals surface area (Å²) < 4.78 is 16.2. The van der Waals surface area contributed by atoms with Crippen LogP contribution in [0.1, 0.15) is 35.2 Å². The zero-order valence-corrected chi connectivity index (χ0v) is 21.0. The molecule has 1 spiro atoms. The molecular weight excluding hydrogens is 499 g/mol. The topological polar surface area (TPSA) is 122 Å². The third kappa shape index (κ3) is 3.39. The van der Waals surface area contributed by atoms with E-state index in [-0.39, 0.29) is 18.2 Å². The number of benzene rings is 2. The van der Waals surface area contributed by atoms with Crippen LogP contribution in [0.15, 0.2) is 61.2 Å². The van der Waals surface area contributed by atoms with Crippen molar-refractivity contribution in [2.24, 2.45) is 0 Å². The van der Waals surface area contributed by atoms with Crippen molar-refractivity contribution in [1.82, 2.24) is 29.7 Å². The van der Waals surface area contributed by atoms with Crippen LogP contribution in [0.5, 0.6) is 0 Å². The highest BCUT2D eigenvalue weighted by Crippen LogP contribution is 2.53. The quantitative estimate of drug-likeness (QED) is 0.364. The average molecular weight is 523 g/mol. The Balaban J connectivity index is 1.37. The number of fused-ring (bicyclic) bond motifs is 5. The highest BCUT2D eigenvalue weighted by molar-refractivity contribution is 6.16. The zero-order chi connectivity index (χ0) is 26.7. The van der Waals surface area contributed by atoms with E-state index in [2.05, 4.69) is 37.4 Å². The maximum absolute atomic E-state index is 14.7. The molecule has 0 radical (unpaired) electrons. The number of hydrogen-bond acceptors (Lipinski definition) is 6. The van der Waals surface area contributed by atoms with Gasteiger partial charge in [0.1, 0.15) is 28.9 Å². The Hall–Kier alpha value is -4.93. The number of aryl methyl sites for hydroxylation is 2. The summed E-state index contributed by atoms with van der Waals surface area (Å²) in [4.78, 5) is 45.1. The molecule has 194 valence electrons. The maximum atomic E-state index is 14.7. The fourth-order valence-corrected chi connectivity index (χ4v) is 5.99. The molecule has 5 aromatic rings. The molecule has 1 atom stereocenters. The number of rotatable bonds is 5. The number of nitrogens with one attached hydrogen (secondary N) is 2. The second-order valence-electron chi connectivity index (χ2n) is 9.86. The Bertz CT molecular complexity index is 1780. The third-order valence-corrected chi connectivity index (χ3v) is 7.58. The fourth-order valence-electron chi connectivity index (χ4n) is 5.99. The highest BCUT2D eigenvalue weighted by atomic mass is 19.1. The minimum Gasteiger partial charge on any atom is -0.340 e. The van der Waals surface area contributed by atoms with Crippen molar-refractivity contribution >= 4 is 34.5 Å². The predicted molar refractivity (Wildman–Crippen MR) is 141 cm³/mol. The fraction of sp³-hybridized carbons (Fsp3) is 0.214. The van der Waals surface area contributed by atoms with Crippen LogP contribution in [0.25, 0.3) is 17.0 Å². The van der Waals surface area contributed by atoms with E-state index in [1.54, 1.807) is 17.9 Å². The number of anilines is 2. The van der Waals surface area contributed by atoms with Crippen molar-refractivity contribution in [3.05, 3.63) is 89.4 Å². The first-order valence-corrected chi connectivity index (χ1v) is 12.7. The molecule has 39 heavy (non-hydrogen) atoms. The molecule has 0 aliphatic carbocycles. The van der Waals surface area contributed by atoms with Gasteiger partial charge in [0.2, 0.25) is 11.8 Å². The lowest BCUT2D eigenvalue weighted by atomic mass is 9.70. The largest absolute Gasteiger partial charge is 0.340 e. The number of aromatic amines is 1. The Morgan fingerprint density at radius 3 is 2.77 bits per heavy atom. The van der Waals surface area contributed by atoms with Crippen LogP contribution < -0.4 is 10.2 Å². The van der Waals surface area contributed by atoms with Crippen LogP contribution in [-0.2, 0) is 21.4 Å². The second kappa shape index (κ2) is 8.55. The number of hydrogen-bond donors (Lipinski definition) is 2. The van der Waals surface area contributed by atoms with E-state index in [0.717, 1.165) is 6.42 Å². The summed E-state index contributed by atoms with van der Waals surface area (Å²) in [6.07, 6.45) is 4.20. The Kier molecular flexibility index (Phi) is 5.09. The van der Waals surface area contributed by atoms with Gasteiger partial charge in [-0.3, -0.25) is 9.59 Å². The Morgan fingerprint density at radius 1 is 1.08 bits per heavy atom. The molecule has 7 rings (SSSR count). The van der Waals surface area contributed by atoms with E-state index < -0.39 is 11.2 Å². The summed E-state index contributed by atoms with van der Waals surface area (Å²) in [5.74, 6) is -0.394. The van der Waals surface area contributed by atoms with Crippen LogP contribution in [-0.4, -0.2) is 48.1 Å². The van der Waals surface area contributed by atoms with Crippen molar-refractivity contribution in [3.63, 3.8) is 0 Å². The molecule has 5 heterocycles. The van der Waals surface area contributed by atoms with Gasteiger partial charge in [-0.25, -0.2) is 19.3 Å². The van der Waals surface area contributed by atoms with Crippen LogP contribution in [0.3, 0.4) is 0 Å². The summed E-state index contributed by atoms with van der Waals surface area (Å²) in [5, 5.41) is 7.61. The number of imidazole rings is 1. The molecule has 0 bridgehead atoms. The molecule has 0 saturated carbocycles. The summed E-state index contributed by atoms with van der Waals surface area (Å²) in [6.45, 7) is 2.21. The van der Waals surface area contributed by atoms with Crippen molar-refractivity contribution in [2.75, 3.05) is 16.8 Å². The molecular formula is C28H23FN8O2. The number of nitrogens with zero attached hydrogens (tertiary/aromatic N) is 6. The van der Waals surface area contributed by atoms with Gasteiger partial charge < -0.3 is 15.2 Å². The first kappa shape index (κ1) is 23.2. The molecule has 2 amide bonds. The Labute approximate surface area is 221 Å². The second-order valence-corrected chi connectivity index (χ2v) is 9.86. The molecule has 11 heteroatoms. The number of carbonyl (C=O) groups is 2. The van der Waals surface area contributed by atoms with Crippen LogP contribution in [0, 0.1) is 12.7 Å². The van der Waals surface area contributed by atoms with E-state index >= 15 is 0 Å². The number of carbonyl (C=O) groups excluding carboxylic acids is 2. The predicted octanol–water partition coefficient (Wildman–Crippen LogP) is 3.59. The van der Waals surface area contributed by atoms with E-state index in [9.17, 15) is 14.0 Å². The lowest BCUT2D eigenvalue weighted by Gasteiger charge is -2.33. The first-order valence-electron chi connectivity index (χ1n) is 12.7. The number of aromatic nitrogens is 6. The number of H-pyrrole nitrogens is 1. The molecule has 3 aromatic heterocycles. The third-order valence-electron chi connectivity index (χ3n) is 7.58. The van der Waals surface area contributed by atoms with E-state index in [4.69, 9.17) is 5.10 Å². The van der Waals surface area contributed by atoms with Gasteiger partial charge >= 0.3 is 0 Å². The summed E-state index contributed by atoms with van der Waals surface area (Å²) in [7, 11) is 0. The van der Waals surface area contributed by atoms with Gasteiger partial charge in [-0.1, -0.05) is 30.3 Å².